The Kier molecular flexibility index (Phi) is 4.74. The largest absolute Gasteiger partial charge is 0.477 e. The summed E-state index contributed by atoms with van der Waals surface area (Å²) in [5.41, 5.74) is 3.63. The number of aryl methyl sites for hydroxylation is 1. The van der Waals surface area contributed by atoms with Gasteiger partial charge in [0.15, 0.2) is 0 Å². The maximum absolute atomic E-state index is 11.7. The second kappa shape index (κ2) is 7.49. The number of amides is 1. The lowest BCUT2D eigenvalue weighted by molar-refractivity contribution is 0.168. The van der Waals surface area contributed by atoms with Crippen molar-refractivity contribution >= 4 is 11.9 Å². The maximum atomic E-state index is 11.7. The van der Waals surface area contributed by atoms with Gasteiger partial charge in [-0.05, 0) is 24.6 Å². The van der Waals surface area contributed by atoms with Crippen molar-refractivity contribution in [3.8, 4) is 28.3 Å². The monoisotopic (exact) mass is 364 g/mol. The average molecular weight is 364 g/mol. The lowest BCUT2D eigenvalue weighted by Crippen LogP contribution is -2.15. The van der Waals surface area contributed by atoms with E-state index in [0.717, 1.165) is 41.2 Å². The molecule has 1 aliphatic heterocycles. The molecule has 138 valence electrons. The van der Waals surface area contributed by atoms with Gasteiger partial charge in [-0.15, -0.1) is 0 Å². The summed E-state index contributed by atoms with van der Waals surface area (Å²) in [6.45, 7) is 3.53. The molecule has 0 atom stereocenters. The zero-order valence-electron chi connectivity index (χ0n) is 15.0. The Hall–Kier alpha value is -3.35. The Morgan fingerprint density at radius 1 is 1.26 bits per heavy atom. The number of nitrogens with one attached hydrogen (secondary N) is 1. The summed E-state index contributed by atoms with van der Waals surface area (Å²) >= 11 is 0. The number of carbonyl (C=O) groups is 1. The zero-order chi connectivity index (χ0) is 18.6. The van der Waals surface area contributed by atoms with Crippen molar-refractivity contribution in [3.63, 3.8) is 0 Å². The van der Waals surface area contributed by atoms with Crippen molar-refractivity contribution in [2.45, 2.75) is 19.9 Å². The van der Waals surface area contributed by atoms with Crippen LogP contribution in [-0.4, -0.2) is 34.1 Å². The minimum Gasteiger partial charge on any atom is -0.477 e. The zero-order valence-corrected chi connectivity index (χ0v) is 15.0. The summed E-state index contributed by atoms with van der Waals surface area (Å²) < 4.78 is 12.8. The van der Waals surface area contributed by atoms with Gasteiger partial charge >= 0.3 is 6.09 Å². The van der Waals surface area contributed by atoms with Crippen LogP contribution in [0.25, 0.3) is 22.4 Å². The van der Waals surface area contributed by atoms with E-state index in [0.29, 0.717) is 19.0 Å². The average Bonchev–Trinajstić information content (AvgIpc) is 3.08. The molecule has 0 aliphatic carbocycles. The van der Waals surface area contributed by atoms with Gasteiger partial charge in [0.2, 0.25) is 5.88 Å². The van der Waals surface area contributed by atoms with Crippen molar-refractivity contribution in [1.82, 2.24) is 14.8 Å². The van der Waals surface area contributed by atoms with Crippen molar-refractivity contribution in [2.24, 2.45) is 0 Å². The van der Waals surface area contributed by atoms with E-state index >= 15 is 0 Å². The minimum atomic E-state index is -0.529. The van der Waals surface area contributed by atoms with Crippen molar-refractivity contribution in [1.29, 1.82) is 0 Å². The first-order valence-corrected chi connectivity index (χ1v) is 8.95. The van der Waals surface area contributed by atoms with E-state index in [9.17, 15) is 4.79 Å². The molecule has 3 heterocycles. The van der Waals surface area contributed by atoms with Crippen LogP contribution in [-0.2, 0) is 11.3 Å². The van der Waals surface area contributed by atoms with Crippen LogP contribution in [0.2, 0.25) is 0 Å². The highest BCUT2D eigenvalue weighted by atomic mass is 16.5. The highest BCUT2D eigenvalue weighted by molar-refractivity contribution is 5.88. The molecule has 0 spiro atoms. The number of rotatable bonds is 4. The second-order valence-corrected chi connectivity index (χ2v) is 6.10. The normalized spacial score (nSPS) is 12.8. The molecule has 1 N–H and O–H groups in total. The van der Waals surface area contributed by atoms with E-state index in [1.54, 1.807) is 19.2 Å². The van der Waals surface area contributed by atoms with Crippen molar-refractivity contribution in [2.75, 3.05) is 18.5 Å². The van der Waals surface area contributed by atoms with Crippen LogP contribution in [0.15, 0.2) is 48.7 Å². The van der Waals surface area contributed by atoms with Crippen LogP contribution < -0.4 is 10.1 Å². The Bertz CT molecular complexity index is 953. The van der Waals surface area contributed by atoms with Gasteiger partial charge in [0.05, 0.1) is 18.8 Å². The Morgan fingerprint density at radius 3 is 2.93 bits per heavy atom. The predicted molar refractivity (Wildman–Crippen MR) is 102 cm³/mol. The molecule has 1 aliphatic rings. The first-order valence-electron chi connectivity index (χ1n) is 8.95. The van der Waals surface area contributed by atoms with E-state index < -0.39 is 6.09 Å². The predicted octanol–water partition coefficient (Wildman–Crippen LogP) is 3.96. The molecule has 0 bridgehead atoms. The number of hydrogen-bond donors (Lipinski definition) is 1. The number of hydrogen-bond acceptors (Lipinski definition) is 5. The molecule has 2 aromatic heterocycles. The molecule has 0 saturated carbocycles. The molecule has 0 saturated heterocycles. The third-order valence-electron chi connectivity index (χ3n) is 4.26. The van der Waals surface area contributed by atoms with Crippen molar-refractivity contribution in [3.05, 3.63) is 48.7 Å². The highest BCUT2D eigenvalue weighted by Crippen LogP contribution is 2.40. The first-order chi connectivity index (χ1) is 13.3. The van der Waals surface area contributed by atoms with Gasteiger partial charge in [-0.3, -0.25) is 5.32 Å². The van der Waals surface area contributed by atoms with Crippen LogP contribution in [0.5, 0.6) is 5.88 Å². The van der Waals surface area contributed by atoms with E-state index in [2.05, 4.69) is 10.3 Å². The van der Waals surface area contributed by atoms with Crippen LogP contribution in [0, 0.1) is 0 Å². The summed E-state index contributed by atoms with van der Waals surface area (Å²) in [6.07, 6.45) is 2.05. The summed E-state index contributed by atoms with van der Waals surface area (Å²) in [6, 6.07) is 13.7. The number of nitrogens with zero attached hydrogens (tertiary/aromatic N) is 3. The van der Waals surface area contributed by atoms with E-state index in [1.807, 2.05) is 41.1 Å². The molecular weight excluding hydrogens is 344 g/mol. The molecule has 0 unspecified atom stereocenters. The molecule has 7 heteroatoms. The quantitative estimate of drug-likeness (QED) is 0.758. The SMILES string of the molecule is CCOC(=O)Nc1cc(-c2c(-c3ccccc3)nn3c2OCCC3)ccn1. The van der Waals surface area contributed by atoms with Gasteiger partial charge in [0.1, 0.15) is 11.5 Å². The minimum absolute atomic E-state index is 0.300. The van der Waals surface area contributed by atoms with Crippen LogP contribution in [0.1, 0.15) is 13.3 Å². The van der Waals surface area contributed by atoms with Gasteiger partial charge in [-0.1, -0.05) is 30.3 Å². The van der Waals surface area contributed by atoms with E-state index in [1.165, 1.54) is 0 Å². The second-order valence-electron chi connectivity index (χ2n) is 6.10. The van der Waals surface area contributed by atoms with E-state index in [4.69, 9.17) is 14.6 Å². The molecular formula is C20H20N4O3. The summed E-state index contributed by atoms with van der Waals surface area (Å²) in [5.74, 6) is 1.16. The van der Waals surface area contributed by atoms with Gasteiger partial charge in [-0.25, -0.2) is 14.5 Å². The molecule has 3 aromatic rings. The van der Waals surface area contributed by atoms with Gasteiger partial charge in [0, 0.05) is 24.7 Å². The number of fused-ring (bicyclic) bond motifs is 1. The van der Waals surface area contributed by atoms with Crippen LogP contribution in [0.3, 0.4) is 0 Å². The lowest BCUT2D eigenvalue weighted by Gasteiger charge is -2.16. The number of anilines is 1. The van der Waals surface area contributed by atoms with Gasteiger partial charge in [0.25, 0.3) is 0 Å². The molecule has 4 rings (SSSR count). The fraction of sp³-hybridized carbons (Fsp3) is 0.250. The smallest absolute Gasteiger partial charge is 0.412 e. The number of pyridine rings is 1. The molecule has 0 radical (unpaired) electrons. The highest BCUT2D eigenvalue weighted by Gasteiger charge is 2.24. The Morgan fingerprint density at radius 2 is 2.11 bits per heavy atom. The summed E-state index contributed by atoms with van der Waals surface area (Å²) in [7, 11) is 0. The Labute approximate surface area is 156 Å². The molecule has 7 nitrogen and oxygen atoms in total. The molecule has 0 fully saturated rings. The fourth-order valence-corrected chi connectivity index (χ4v) is 3.11. The third kappa shape index (κ3) is 3.48. The van der Waals surface area contributed by atoms with E-state index in [-0.39, 0.29) is 0 Å². The van der Waals surface area contributed by atoms with Crippen LogP contribution in [0.4, 0.5) is 10.6 Å². The molecule has 27 heavy (non-hydrogen) atoms. The Balaban J connectivity index is 1.79. The fourth-order valence-electron chi connectivity index (χ4n) is 3.11. The summed E-state index contributed by atoms with van der Waals surface area (Å²) in [4.78, 5) is 15.9. The maximum Gasteiger partial charge on any atom is 0.412 e. The number of aromatic nitrogens is 3. The van der Waals surface area contributed by atoms with Gasteiger partial charge < -0.3 is 9.47 Å². The number of carbonyl (C=O) groups excluding carboxylic acids is 1. The topological polar surface area (TPSA) is 78.3 Å². The van der Waals surface area contributed by atoms with Crippen molar-refractivity contribution < 1.29 is 14.3 Å². The number of benzene rings is 1. The third-order valence-corrected chi connectivity index (χ3v) is 4.26. The van der Waals surface area contributed by atoms with Gasteiger partial charge in [-0.2, -0.15) is 5.10 Å². The lowest BCUT2D eigenvalue weighted by atomic mass is 10.0. The molecule has 1 amide bonds. The standard InChI is InChI=1S/C20H20N4O3/c1-2-26-20(25)22-16-13-15(9-10-21-16)17-18(14-7-4-3-5-8-14)23-24-11-6-12-27-19(17)24/h3-5,7-10,13H,2,6,11-12H2,1H3,(H,21,22,25). The summed E-state index contributed by atoms with van der Waals surface area (Å²) in [5, 5.41) is 7.42. The number of ether oxygens (including phenoxy) is 2. The molecule has 1 aromatic carbocycles. The first kappa shape index (κ1) is 17.1. The van der Waals surface area contributed by atoms with Crippen LogP contribution >= 0.6 is 0 Å².